The van der Waals surface area contributed by atoms with Crippen LogP contribution >= 0.6 is 0 Å². The van der Waals surface area contributed by atoms with E-state index < -0.39 is 26.7 Å². The standard InChI is InChI=1S/C32H37NO9S2/c1-6-15-44(35,36)30-19-23(26-12-11-25(42-26)22-16-27(37-2)31(40-5)28(17-22)38-3)18-29(39-4)32(30)41-13-14-43(34)24-9-7-21(20-33)8-10-24/h7-10,16-19,25-26H,6,11-15H2,1-5H3/t25-,26?,43?/m0/s1. The molecule has 10 nitrogen and oxygen atoms in total. The van der Waals surface area contributed by atoms with Crippen LogP contribution in [0.4, 0.5) is 0 Å². The van der Waals surface area contributed by atoms with Gasteiger partial charge >= 0.3 is 0 Å². The molecule has 1 heterocycles. The van der Waals surface area contributed by atoms with Gasteiger partial charge in [-0.2, -0.15) is 5.26 Å². The molecule has 4 rings (SSSR count). The van der Waals surface area contributed by atoms with Crippen molar-refractivity contribution in [3.63, 3.8) is 0 Å². The molecule has 2 unspecified atom stereocenters. The predicted octanol–water partition coefficient (Wildman–Crippen LogP) is 5.56. The molecule has 236 valence electrons. The zero-order chi connectivity index (χ0) is 31.9. The first-order valence-corrected chi connectivity index (χ1v) is 17.1. The van der Waals surface area contributed by atoms with E-state index in [2.05, 4.69) is 0 Å². The van der Waals surface area contributed by atoms with Gasteiger partial charge in [0.2, 0.25) is 5.75 Å². The van der Waals surface area contributed by atoms with Crippen LogP contribution in [0.3, 0.4) is 0 Å². The average Bonchev–Trinajstić information content (AvgIpc) is 3.54. The number of methoxy groups -OCH3 is 4. The average molecular weight is 644 g/mol. The van der Waals surface area contributed by atoms with E-state index >= 15 is 0 Å². The van der Waals surface area contributed by atoms with Crippen LogP contribution in [0, 0.1) is 11.3 Å². The molecule has 1 saturated heterocycles. The normalized spacial score (nSPS) is 17.0. The van der Waals surface area contributed by atoms with Gasteiger partial charge < -0.3 is 28.4 Å². The molecule has 0 amide bonds. The number of hydrogen-bond acceptors (Lipinski definition) is 10. The Morgan fingerprint density at radius 1 is 0.864 bits per heavy atom. The largest absolute Gasteiger partial charge is 0.493 e. The number of ether oxygens (including phenoxy) is 6. The molecule has 0 spiro atoms. The summed E-state index contributed by atoms with van der Waals surface area (Å²) < 4.78 is 74.2. The summed E-state index contributed by atoms with van der Waals surface area (Å²) in [5.74, 6) is 1.90. The number of hydrogen-bond donors (Lipinski definition) is 0. The highest BCUT2D eigenvalue weighted by atomic mass is 32.2. The highest BCUT2D eigenvalue weighted by Gasteiger charge is 2.32. The lowest BCUT2D eigenvalue weighted by Gasteiger charge is -2.21. The van der Waals surface area contributed by atoms with Gasteiger partial charge in [0.1, 0.15) is 11.5 Å². The summed E-state index contributed by atoms with van der Waals surface area (Å²) >= 11 is 0. The quantitative estimate of drug-likeness (QED) is 0.220. The topological polar surface area (TPSA) is 130 Å². The van der Waals surface area contributed by atoms with E-state index in [1.807, 2.05) is 18.2 Å². The van der Waals surface area contributed by atoms with E-state index in [1.165, 1.54) is 7.11 Å². The van der Waals surface area contributed by atoms with Crippen LogP contribution in [0.15, 0.2) is 58.3 Å². The summed E-state index contributed by atoms with van der Waals surface area (Å²) in [6.07, 6.45) is 1.05. The van der Waals surface area contributed by atoms with Gasteiger partial charge in [-0.15, -0.1) is 0 Å². The first-order chi connectivity index (χ1) is 21.2. The van der Waals surface area contributed by atoms with Gasteiger partial charge in [0.15, 0.2) is 32.8 Å². The van der Waals surface area contributed by atoms with E-state index in [9.17, 15) is 12.6 Å². The maximum absolute atomic E-state index is 13.5. The van der Waals surface area contributed by atoms with Crippen LogP contribution in [-0.4, -0.2) is 59.2 Å². The van der Waals surface area contributed by atoms with Gasteiger partial charge in [0.25, 0.3) is 0 Å². The van der Waals surface area contributed by atoms with E-state index in [4.69, 9.17) is 33.7 Å². The van der Waals surface area contributed by atoms with Crippen LogP contribution in [-0.2, 0) is 25.4 Å². The minimum absolute atomic E-state index is 0.0118. The van der Waals surface area contributed by atoms with Crippen molar-refractivity contribution in [1.29, 1.82) is 5.26 Å². The second kappa shape index (κ2) is 14.8. The first-order valence-electron chi connectivity index (χ1n) is 14.1. The zero-order valence-corrected chi connectivity index (χ0v) is 27.1. The Kier molecular flexibility index (Phi) is 11.1. The van der Waals surface area contributed by atoms with Gasteiger partial charge in [-0.25, -0.2) is 8.42 Å². The molecular formula is C32H37NO9S2. The molecule has 3 aromatic rings. The molecular weight excluding hydrogens is 606 g/mol. The van der Waals surface area contributed by atoms with Crippen LogP contribution < -0.4 is 23.7 Å². The molecule has 44 heavy (non-hydrogen) atoms. The number of benzene rings is 3. The molecule has 1 fully saturated rings. The second-order valence-corrected chi connectivity index (χ2v) is 13.7. The molecule has 3 aromatic carbocycles. The van der Waals surface area contributed by atoms with Crippen LogP contribution in [0.2, 0.25) is 0 Å². The lowest BCUT2D eigenvalue weighted by Crippen LogP contribution is -2.14. The van der Waals surface area contributed by atoms with Crippen molar-refractivity contribution < 1.29 is 41.0 Å². The third-order valence-corrected chi connectivity index (χ3v) is 10.5. The molecule has 0 bridgehead atoms. The second-order valence-electron chi connectivity index (χ2n) is 10.1. The van der Waals surface area contributed by atoms with Gasteiger partial charge in [-0.05, 0) is 78.9 Å². The van der Waals surface area contributed by atoms with Gasteiger partial charge in [-0.3, -0.25) is 4.21 Å². The molecule has 3 atom stereocenters. The Labute approximate surface area is 261 Å². The molecule has 0 N–H and O–H groups in total. The third-order valence-electron chi connectivity index (χ3n) is 7.28. The van der Waals surface area contributed by atoms with Crippen molar-refractivity contribution in [1.82, 2.24) is 0 Å². The van der Waals surface area contributed by atoms with Gasteiger partial charge in [0.05, 0.1) is 74.6 Å². The van der Waals surface area contributed by atoms with Crippen molar-refractivity contribution in [2.75, 3.05) is 46.6 Å². The minimum Gasteiger partial charge on any atom is -0.493 e. The lowest BCUT2D eigenvalue weighted by atomic mass is 10.0. The predicted molar refractivity (Wildman–Crippen MR) is 165 cm³/mol. The zero-order valence-electron chi connectivity index (χ0n) is 25.5. The minimum atomic E-state index is -3.74. The van der Waals surface area contributed by atoms with Gasteiger partial charge in [0, 0.05) is 4.90 Å². The Balaban J connectivity index is 1.60. The van der Waals surface area contributed by atoms with Crippen molar-refractivity contribution in [2.45, 2.75) is 48.2 Å². The third kappa shape index (κ3) is 7.29. The molecule has 12 heteroatoms. The molecule has 0 aliphatic carbocycles. The smallest absolute Gasteiger partial charge is 0.203 e. The highest BCUT2D eigenvalue weighted by molar-refractivity contribution is 7.91. The Morgan fingerprint density at radius 2 is 1.41 bits per heavy atom. The SMILES string of the molecule is CCCS(=O)(=O)c1cc(C2CC[C@@H](c3cc(OC)c(OC)c(OC)c3)O2)cc(OC)c1OCCS(=O)c1ccc(C#N)cc1. The highest BCUT2D eigenvalue weighted by Crippen LogP contribution is 2.48. The van der Waals surface area contributed by atoms with E-state index in [1.54, 1.807) is 64.7 Å². The number of nitriles is 1. The van der Waals surface area contributed by atoms with Crippen LogP contribution in [0.1, 0.15) is 55.1 Å². The summed E-state index contributed by atoms with van der Waals surface area (Å²) in [7, 11) is 0.946. The van der Waals surface area contributed by atoms with Crippen LogP contribution in [0.5, 0.6) is 28.7 Å². The number of rotatable bonds is 14. The summed E-state index contributed by atoms with van der Waals surface area (Å²) in [5, 5.41) is 9.00. The molecule has 1 aliphatic heterocycles. The number of nitrogens with zero attached hydrogens (tertiary/aromatic N) is 1. The monoisotopic (exact) mass is 643 g/mol. The fourth-order valence-corrected chi connectivity index (χ4v) is 7.54. The van der Waals surface area contributed by atoms with E-state index in [0.717, 1.165) is 5.56 Å². The summed E-state index contributed by atoms with van der Waals surface area (Å²) in [4.78, 5) is 0.562. The summed E-state index contributed by atoms with van der Waals surface area (Å²) in [6.45, 7) is 1.78. The van der Waals surface area contributed by atoms with Crippen molar-refractivity contribution in [3.8, 4) is 34.8 Å². The maximum atomic E-state index is 13.5. The summed E-state index contributed by atoms with van der Waals surface area (Å²) in [6, 6.07) is 15.5. The molecule has 0 radical (unpaired) electrons. The fraction of sp³-hybridized carbons (Fsp3) is 0.406. The van der Waals surface area contributed by atoms with E-state index in [0.29, 0.717) is 52.5 Å². The Bertz CT molecular complexity index is 1610. The molecule has 1 aliphatic rings. The molecule has 0 saturated carbocycles. The Hall–Kier alpha value is -3.79. The van der Waals surface area contributed by atoms with Crippen molar-refractivity contribution >= 4 is 20.6 Å². The van der Waals surface area contributed by atoms with Crippen molar-refractivity contribution in [3.05, 3.63) is 65.2 Å². The summed E-state index contributed by atoms with van der Waals surface area (Å²) in [5.41, 5.74) is 1.97. The van der Waals surface area contributed by atoms with Gasteiger partial charge in [-0.1, -0.05) is 6.92 Å². The lowest BCUT2D eigenvalue weighted by molar-refractivity contribution is 0.0435. The first kappa shape index (κ1) is 33.1. The van der Waals surface area contributed by atoms with Crippen molar-refractivity contribution in [2.24, 2.45) is 0 Å². The maximum Gasteiger partial charge on any atom is 0.203 e. The number of sulfone groups is 1. The Morgan fingerprint density at radius 3 is 1.91 bits per heavy atom. The van der Waals surface area contributed by atoms with Crippen LogP contribution in [0.25, 0.3) is 0 Å². The molecule has 0 aromatic heterocycles. The fourth-order valence-electron chi connectivity index (χ4n) is 5.12. The van der Waals surface area contributed by atoms with E-state index in [-0.39, 0.29) is 40.6 Å².